The first-order valence-corrected chi connectivity index (χ1v) is 6.07. The van der Waals surface area contributed by atoms with Crippen molar-refractivity contribution in [3.63, 3.8) is 0 Å². The minimum atomic E-state index is -1.86. The summed E-state index contributed by atoms with van der Waals surface area (Å²) in [4.78, 5) is 23.4. The molecule has 0 spiro atoms. The van der Waals surface area contributed by atoms with Crippen molar-refractivity contribution < 1.29 is 19.4 Å². The molecule has 19 heavy (non-hydrogen) atoms. The molecule has 0 fully saturated rings. The molecule has 1 atom stereocenters. The maximum absolute atomic E-state index is 11.9. The number of Topliss-reactive ketones (excluding diaryl/α,β-unsaturated/α-hetero) is 1. The Morgan fingerprint density at radius 1 is 1.32 bits per heavy atom. The molecule has 0 aromatic heterocycles. The number of ketones is 1. The molecule has 0 saturated carbocycles. The summed E-state index contributed by atoms with van der Waals surface area (Å²) in [6, 6.07) is 8.99. The van der Waals surface area contributed by atoms with E-state index in [1.807, 2.05) is 6.07 Å². The number of aliphatic hydroxyl groups is 1. The fourth-order valence-electron chi connectivity index (χ4n) is 1.51. The lowest BCUT2D eigenvalue weighted by atomic mass is 9.90. The van der Waals surface area contributed by atoms with Gasteiger partial charge < -0.3 is 9.84 Å². The van der Waals surface area contributed by atoms with Gasteiger partial charge in [-0.25, -0.2) is 4.79 Å². The molecule has 1 unspecified atom stereocenters. The van der Waals surface area contributed by atoms with Crippen molar-refractivity contribution in [2.75, 3.05) is 6.61 Å². The summed E-state index contributed by atoms with van der Waals surface area (Å²) in [5.41, 5.74) is -1.21. The van der Waals surface area contributed by atoms with E-state index >= 15 is 0 Å². The van der Waals surface area contributed by atoms with Gasteiger partial charge in [0.25, 0.3) is 0 Å². The smallest absolute Gasteiger partial charge is 0.337 e. The van der Waals surface area contributed by atoms with Gasteiger partial charge in [0.15, 0.2) is 11.4 Å². The van der Waals surface area contributed by atoms with Gasteiger partial charge in [-0.1, -0.05) is 30.3 Å². The third-order valence-electron chi connectivity index (χ3n) is 2.82. The molecule has 0 amide bonds. The number of benzene rings is 1. The summed E-state index contributed by atoms with van der Waals surface area (Å²) in [7, 11) is 0. The summed E-state index contributed by atoms with van der Waals surface area (Å²) in [5.74, 6) is -1.20. The Morgan fingerprint density at radius 3 is 2.37 bits per heavy atom. The predicted octanol–water partition coefficient (Wildman–Crippen LogP) is 1.97. The van der Waals surface area contributed by atoms with Crippen molar-refractivity contribution in [1.29, 1.82) is 0 Å². The first-order valence-electron chi connectivity index (χ1n) is 6.07. The molecule has 0 aliphatic heterocycles. The van der Waals surface area contributed by atoms with Crippen LogP contribution in [0.2, 0.25) is 0 Å². The average Bonchev–Trinajstić information content (AvgIpc) is 2.37. The molecular weight excluding hydrogens is 244 g/mol. The highest BCUT2D eigenvalue weighted by Gasteiger charge is 2.36. The second-order valence-corrected chi connectivity index (χ2v) is 4.32. The largest absolute Gasteiger partial charge is 0.463 e. The number of carbonyl (C=O) groups is 2. The first kappa shape index (κ1) is 15.1. The molecule has 1 N–H and O–H groups in total. The molecule has 0 radical (unpaired) electrons. The zero-order valence-corrected chi connectivity index (χ0v) is 11.3. The summed E-state index contributed by atoms with van der Waals surface area (Å²) in [6.07, 6.45) is 1.47. The quantitative estimate of drug-likeness (QED) is 0.651. The third kappa shape index (κ3) is 3.76. The number of rotatable bonds is 5. The molecule has 0 heterocycles. The lowest BCUT2D eigenvalue weighted by Crippen LogP contribution is -2.39. The maximum atomic E-state index is 11.9. The van der Waals surface area contributed by atoms with Crippen LogP contribution in [0.1, 0.15) is 26.3 Å². The molecule has 1 aromatic rings. The molecular formula is C15H18O4. The van der Waals surface area contributed by atoms with Gasteiger partial charge in [0.05, 0.1) is 12.2 Å². The van der Waals surface area contributed by atoms with Gasteiger partial charge >= 0.3 is 5.97 Å². The molecule has 1 rings (SSSR count). The highest BCUT2D eigenvalue weighted by molar-refractivity contribution is 6.04. The summed E-state index contributed by atoms with van der Waals surface area (Å²) >= 11 is 0. The molecule has 0 saturated heterocycles. The number of esters is 1. The van der Waals surface area contributed by atoms with E-state index in [2.05, 4.69) is 0 Å². The van der Waals surface area contributed by atoms with Crippen molar-refractivity contribution in [1.82, 2.24) is 0 Å². The third-order valence-corrected chi connectivity index (χ3v) is 2.82. The second kappa shape index (κ2) is 6.29. The average molecular weight is 262 g/mol. The van der Waals surface area contributed by atoms with E-state index < -0.39 is 17.4 Å². The van der Waals surface area contributed by atoms with Gasteiger partial charge in [0.1, 0.15) is 0 Å². The topological polar surface area (TPSA) is 63.6 Å². The van der Waals surface area contributed by atoms with E-state index in [-0.39, 0.29) is 12.2 Å². The normalized spacial score (nSPS) is 14.6. The van der Waals surface area contributed by atoms with E-state index in [9.17, 15) is 14.7 Å². The highest BCUT2D eigenvalue weighted by atomic mass is 16.5. The Labute approximate surface area is 112 Å². The van der Waals surface area contributed by atoms with Crippen LogP contribution in [0.25, 0.3) is 6.08 Å². The van der Waals surface area contributed by atoms with Crippen molar-refractivity contribution in [3.05, 3.63) is 41.5 Å². The van der Waals surface area contributed by atoms with E-state index in [1.54, 1.807) is 31.2 Å². The van der Waals surface area contributed by atoms with Crippen molar-refractivity contribution in [2.24, 2.45) is 0 Å². The minimum Gasteiger partial charge on any atom is -0.463 e. The first-order chi connectivity index (χ1) is 8.89. The molecule has 1 aromatic carbocycles. The Morgan fingerprint density at radius 2 is 1.89 bits per heavy atom. The number of hydrogen-bond acceptors (Lipinski definition) is 4. The van der Waals surface area contributed by atoms with Crippen molar-refractivity contribution in [2.45, 2.75) is 26.4 Å². The van der Waals surface area contributed by atoms with Gasteiger partial charge in [0, 0.05) is 0 Å². The molecule has 0 aliphatic rings. The zero-order valence-electron chi connectivity index (χ0n) is 11.3. The van der Waals surface area contributed by atoms with Crippen LogP contribution in [0.15, 0.2) is 35.9 Å². The molecule has 4 nitrogen and oxygen atoms in total. The van der Waals surface area contributed by atoms with Crippen LogP contribution in [0.3, 0.4) is 0 Å². The fraction of sp³-hybridized carbons (Fsp3) is 0.333. The van der Waals surface area contributed by atoms with Crippen LogP contribution >= 0.6 is 0 Å². The van der Waals surface area contributed by atoms with Crippen molar-refractivity contribution >= 4 is 17.8 Å². The Bertz CT molecular complexity index is 486. The predicted molar refractivity (Wildman–Crippen MR) is 72.4 cm³/mol. The standard InChI is InChI=1S/C15H18O4/c1-4-19-14(17)13(15(3,18)11(2)16)10-12-8-6-5-7-9-12/h5-10,18H,4H2,1-3H3/b13-10+. The molecule has 4 heteroatoms. The van der Waals surface area contributed by atoms with Crippen LogP contribution in [0.5, 0.6) is 0 Å². The minimum absolute atomic E-state index is 0.0620. The fourth-order valence-corrected chi connectivity index (χ4v) is 1.51. The highest BCUT2D eigenvalue weighted by Crippen LogP contribution is 2.22. The SMILES string of the molecule is CCOC(=O)/C(=C\c1ccccc1)C(C)(O)C(C)=O. The molecule has 0 aliphatic carbocycles. The van der Waals surface area contributed by atoms with Gasteiger partial charge in [0.2, 0.25) is 0 Å². The van der Waals surface area contributed by atoms with Crippen molar-refractivity contribution in [3.8, 4) is 0 Å². The number of ether oxygens (including phenoxy) is 1. The Hall–Kier alpha value is -1.94. The maximum Gasteiger partial charge on any atom is 0.337 e. The summed E-state index contributed by atoms with van der Waals surface area (Å²) in [6.45, 7) is 4.37. The van der Waals surface area contributed by atoms with Gasteiger partial charge in [-0.3, -0.25) is 4.79 Å². The van der Waals surface area contributed by atoms with Crippen LogP contribution in [-0.4, -0.2) is 29.1 Å². The van der Waals surface area contributed by atoms with E-state index in [1.165, 1.54) is 19.9 Å². The monoisotopic (exact) mass is 262 g/mol. The molecule has 102 valence electrons. The number of carbonyl (C=O) groups excluding carboxylic acids is 2. The van der Waals surface area contributed by atoms with Crippen LogP contribution in [0.4, 0.5) is 0 Å². The van der Waals surface area contributed by atoms with Gasteiger partial charge in [-0.2, -0.15) is 0 Å². The lowest BCUT2D eigenvalue weighted by molar-refractivity contribution is -0.144. The Kier molecular flexibility index (Phi) is 5.01. The van der Waals surface area contributed by atoms with E-state index in [0.717, 1.165) is 0 Å². The zero-order chi connectivity index (χ0) is 14.5. The summed E-state index contributed by atoms with van der Waals surface area (Å²) in [5, 5.41) is 10.2. The van der Waals surface area contributed by atoms with Crippen LogP contribution in [0, 0.1) is 0 Å². The lowest BCUT2D eigenvalue weighted by Gasteiger charge is -2.22. The van der Waals surface area contributed by atoms with Gasteiger partial charge in [-0.05, 0) is 32.4 Å². The van der Waals surface area contributed by atoms with E-state index in [4.69, 9.17) is 4.74 Å². The van der Waals surface area contributed by atoms with Crippen LogP contribution < -0.4 is 0 Å². The Balaban J connectivity index is 3.24. The number of hydrogen-bond donors (Lipinski definition) is 1. The van der Waals surface area contributed by atoms with E-state index in [0.29, 0.717) is 5.56 Å². The van der Waals surface area contributed by atoms with Gasteiger partial charge in [-0.15, -0.1) is 0 Å². The molecule has 0 bridgehead atoms. The van der Waals surface area contributed by atoms with Crippen LogP contribution in [-0.2, 0) is 14.3 Å². The second-order valence-electron chi connectivity index (χ2n) is 4.32. The summed E-state index contributed by atoms with van der Waals surface area (Å²) < 4.78 is 4.89.